The molecule has 134 valence electrons. The quantitative estimate of drug-likeness (QED) is 0.508. The van der Waals surface area contributed by atoms with Crippen LogP contribution >= 0.6 is 7.14 Å². The number of hydrogen-bond acceptors (Lipinski definition) is 3. The molecule has 0 N–H and O–H groups in total. The third kappa shape index (κ3) is 3.02. The van der Waals surface area contributed by atoms with E-state index in [9.17, 15) is 14.2 Å². The average Bonchev–Trinajstić information content (AvgIpc) is 2.98. The van der Waals surface area contributed by atoms with Gasteiger partial charge in [0.1, 0.15) is 7.14 Å². The van der Waals surface area contributed by atoms with E-state index in [0.29, 0.717) is 11.1 Å². The van der Waals surface area contributed by atoms with Crippen LogP contribution in [0.15, 0.2) is 84.9 Å². The molecule has 27 heavy (non-hydrogen) atoms. The molecule has 0 saturated heterocycles. The first kappa shape index (κ1) is 17.4. The molecule has 3 aromatic rings. The van der Waals surface area contributed by atoms with E-state index in [-0.39, 0.29) is 24.5 Å². The molecule has 0 unspecified atom stereocenters. The summed E-state index contributed by atoms with van der Waals surface area (Å²) in [6, 6.07) is 25.3. The molecule has 4 rings (SSSR count). The van der Waals surface area contributed by atoms with E-state index in [1.165, 1.54) is 4.90 Å². The predicted molar refractivity (Wildman–Crippen MR) is 106 cm³/mol. The number of benzene rings is 3. The van der Waals surface area contributed by atoms with Crippen molar-refractivity contribution in [3.05, 3.63) is 96.1 Å². The van der Waals surface area contributed by atoms with Gasteiger partial charge in [-0.3, -0.25) is 14.5 Å². The second-order valence-corrected chi connectivity index (χ2v) is 9.40. The van der Waals surface area contributed by atoms with E-state index in [1.807, 2.05) is 60.7 Å². The predicted octanol–water partition coefficient (Wildman–Crippen LogP) is 3.30. The monoisotopic (exact) mass is 375 g/mol. The number of fused-ring (bicyclic) bond motifs is 1. The number of imide groups is 1. The molecule has 1 aliphatic heterocycles. The van der Waals surface area contributed by atoms with Crippen molar-refractivity contribution in [3.8, 4) is 0 Å². The molecule has 0 aromatic heterocycles. The van der Waals surface area contributed by atoms with Crippen LogP contribution in [0, 0.1) is 0 Å². The highest BCUT2D eigenvalue weighted by atomic mass is 31.2. The molecular weight excluding hydrogens is 357 g/mol. The molecule has 4 nitrogen and oxygen atoms in total. The van der Waals surface area contributed by atoms with Crippen LogP contribution in [0.25, 0.3) is 0 Å². The van der Waals surface area contributed by atoms with Crippen molar-refractivity contribution in [3.63, 3.8) is 0 Å². The van der Waals surface area contributed by atoms with Crippen LogP contribution in [0.5, 0.6) is 0 Å². The molecule has 0 fully saturated rings. The second-order valence-electron chi connectivity index (χ2n) is 6.44. The SMILES string of the molecule is O=C1c2ccccc2C(=O)N1CCP(=O)(c1ccccc1)c1ccccc1. The fraction of sp³-hybridized carbons (Fsp3) is 0.0909. The van der Waals surface area contributed by atoms with E-state index in [4.69, 9.17) is 0 Å². The zero-order valence-electron chi connectivity index (χ0n) is 14.6. The molecule has 3 aromatic carbocycles. The third-order valence-corrected chi connectivity index (χ3v) is 7.96. The van der Waals surface area contributed by atoms with Crippen LogP contribution in [0.2, 0.25) is 0 Å². The Hall–Kier alpha value is -2.97. The van der Waals surface area contributed by atoms with Crippen molar-refractivity contribution >= 4 is 29.6 Å². The van der Waals surface area contributed by atoms with Gasteiger partial charge in [-0.2, -0.15) is 0 Å². The topological polar surface area (TPSA) is 54.5 Å². The lowest BCUT2D eigenvalue weighted by atomic mass is 10.1. The molecule has 0 radical (unpaired) electrons. The normalized spacial score (nSPS) is 13.7. The Labute approximate surface area is 157 Å². The van der Waals surface area contributed by atoms with Crippen LogP contribution in [0.3, 0.4) is 0 Å². The van der Waals surface area contributed by atoms with Crippen LogP contribution in [-0.2, 0) is 4.57 Å². The maximum atomic E-state index is 14.0. The van der Waals surface area contributed by atoms with Crippen molar-refractivity contribution in [2.45, 2.75) is 0 Å². The summed E-state index contributed by atoms with van der Waals surface area (Å²) in [5.74, 6) is -0.633. The second kappa shape index (κ2) is 6.98. The first-order valence-electron chi connectivity index (χ1n) is 8.77. The van der Waals surface area contributed by atoms with Gasteiger partial charge >= 0.3 is 0 Å². The Morgan fingerprint density at radius 1 is 0.630 bits per heavy atom. The molecule has 0 bridgehead atoms. The number of carbonyl (C=O) groups excluding carboxylic acids is 2. The molecule has 2 amide bonds. The highest BCUT2D eigenvalue weighted by Gasteiger charge is 2.37. The van der Waals surface area contributed by atoms with Gasteiger partial charge in [-0.15, -0.1) is 0 Å². The van der Waals surface area contributed by atoms with Crippen molar-refractivity contribution in [2.24, 2.45) is 0 Å². The van der Waals surface area contributed by atoms with Crippen LogP contribution < -0.4 is 10.6 Å². The molecule has 1 heterocycles. The van der Waals surface area contributed by atoms with Crippen LogP contribution in [-0.4, -0.2) is 29.4 Å². The number of nitrogens with zero attached hydrogens (tertiary/aromatic N) is 1. The Balaban J connectivity index is 1.66. The standard InChI is InChI=1S/C22H18NO3P/c24-21-19-13-7-8-14-20(19)22(25)23(21)15-16-27(26,17-9-3-1-4-10-17)18-11-5-2-6-12-18/h1-14H,15-16H2. The number of carbonyl (C=O) groups is 2. The zero-order chi connectivity index (χ0) is 18.9. The van der Waals surface area contributed by atoms with Gasteiger partial charge in [-0.05, 0) is 12.1 Å². The molecule has 0 spiro atoms. The van der Waals surface area contributed by atoms with Crippen molar-refractivity contribution in [1.82, 2.24) is 4.90 Å². The largest absolute Gasteiger partial charge is 0.314 e. The Kier molecular flexibility index (Phi) is 4.51. The molecule has 1 aliphatic rings. The minimum atomic E-state index is -2.97. The van der Waals surface area contributed by atoms with Gasteiger partial charge in [0, 0.05) is 23.3 Å². The highest BCUT2D eigenvalue weighted by molar-refractivity contribution is 7.78. The number of hydrogen-bond donors (Lipinski definition) is 0. The summed E-state index contributed by atoms with van der Waals surface area (Å²) in [5.41, 5.74) is 0.827. The first-order chi connectivity index (χ1) is 13.1. The molecule has 0 saturated carbocycles. The van der Waals surface area contributed by atoms with Crippen molar-refractivity contribution in [2.75, 3.05) is 12.7 Å². The molecule has 5 heteroatoms. The maximum absolute atomic E-state index is 14.0. The molecule has 0 atom stereocenters. The first-order valence-corrected chi connectivity index (χ1v) is 10.7. The van der Waals surface area contributed by atoms with Gasteiger partial charge in [-0.25, -0.2) is 0 Å². The summed E-state index contributed by atoms with van der Waals surface area (Å²) in [4.78, 5) is 26.4. The van der Waals surface area contributed by atoms with Gasteiger partial charge in [0.25, 0.3) is 11.8 Å². The van der Waals surface area contributed by atoms with Crippen LogP contribution in [0.4, 0.5) is 0 Å². The minimum absolute atomic E-state index is 0.118. The Morgan fingerprint density at radius 3 is 1.48 bits per heavy atom. The smallest absolute Gasteiger partial charge is 0.261 e. The number of rotatable bonds is 5. The third-order valence-electron chi connectivity index (χ3n) is 4.86. The van der Waals surface area contributed by atoms with Crippen LogP contribution in [0.1, 0.15) is 20.7 Å². The van der Waals surface area contributed by atoms with Gasteiger partial charge in [-0.1, -0.05) is 72.8 Å². The molecular formula is C22H18NO3P. The van der Waals surface area contributed by atoms with Gasteiger partial charge in [0.15, 0.2) is 0 Å². The lowest BCUT2D eigenvalue weighted by Gasteiger charge is -2.22. The summed E-state index contributed by atoms with van der Waals surface area (Å²) in [5, 5.41) is 1.46. The van der Waals surface area contributed by atoms with E-state index < -0.39 is 7.14 Å². The van der Waals surface area contributed by atoms with E-state index in [2.05, 4.69) is 0 Å². The minimum Gasteiger partial charge on any atom is -0.314 e. The maximum Gasteiger partial charge on any atom is 0.261 e. The Bertz CT molecular complexity index is 969. The van der Waals surface area contributed by atoms with Gasteiger partial charge in [0.05, 0.1) is 11.1 Å². The van der Waals surface area contributed by atoms with Gasteiger partial charge in [0.2, 0.25) is 0 Å². The summed E-state index contributed by atoms with van der Waals surface area (Å²) in [6.45, 7) is 0.118. The zero-order valence-corrected chi connectivity index (χ0v) is 15.5. The lowest BCUT2D eigenvalue weighted by molar-refractivity contribution is 0.0664. The van der Waals surface area contributed by atoms with Gasteiger partial charge < -0.3 is 4.57 Å². The van der Waals surface area contributed by atoms with E-state index in [0.717, 1.165) is 10.6 Å². The number of amides is 2. The highest BCUT2D eigenvalue weighted by Crippen LogP contribution is 2.43. The summed E-state index contributed by atoms with van der Waals surface area (Å²) < 4.78 is 14.0. The summed E-state index contributed by atoms with van der Waals surface area (Å²) in [6.07, 6.45) is 0.215. The summed E-state index contributed by atoms with van der Waals surface area (Å²) in [7, 11) is -2.97. The average molecular weight is 375 g/mol. The fourth-order valence-electron chi connectivity index (χ4n) is 3.43. The lowest BCUT2D eigenvalue weighted by Crippen LogP contribution is -2.34. The van der Waals surface area contributed by atoms with Crippen molar-refractivity contribution in [1.29, 1.82) is 0 Å². The summed E-state index contributed by atoms with van der Waals surface area (Å²) >= 11 is 0. The van der Waals surface area contributed by atoms with E-state index in [1.54, 1.807) is 24.3 Å². The van der Waals surface area contributed by atoms with Crippen molar-refractivity contribution < 1.29 is 14.2 Å². The molecule has 0 aliphatic carbocycles. The van der Waals surface area contributed by atoms with E-state index >= 15 is 0 Å². The Morgan fingerprint density at radius 2 is 1.04 bits per heavy atom. The fourth-order valence-corrected chi connectivity index (χ4v) is 6.03.